The number of hydrogen-bond acceptors (Lipinski definition) is 3. The Balaban J connectivity index is 2.13. The second kappa shape index (κ2) is 6.78. The molecule has 5 heteroatoms. The first-order chi connectivity index (χ1) is 9.26. The van der Waals surface area contributed by atoms with Crippen LogP contribution in [0.1, 0.15) is 18.3 Å². The van der Waals surface area contributed by atoms with Crippen molar-refractivity contribution in [1.29, 1.82) is 0 Å². The Hall–Kier alpha value is -1.26. The van der Waals surface area contributed by atoms with Crippen molar-refractivity contribution in [3.05, 3.63) is 53.3 Å². The Kier molecular flexibility index (Phi) is 5.05. The van der Waals surface area contributed by atoms with Crippen molar-refractivity contribution in [3.8, 4) is 0 Å². The summed E-state index contributed by atoms with van der Waals surface area (Å²) in [4.78, 5) is 0. The summed E-state index contributed by atoms with van der Waals surface area (Å²) in [6.07, 6.45) is 2.73. The minimum absolute atomic E-state index is 0.737. The molecule has 1 aromatic heterocycles. The molecule has 0 saturated heterocycles. The zero-order valence-electron chi connectivity index (χ0n) is 10.8. The molecule has 0 aliphatic rings. The first kappa shape index (κ1) is 14.2. The Bertz CT molecular complexity index is 566. The number of allylic oxidation sites excluding steroid dienone is 1. The van der Waals surface area contributed by atoms with Gasteiger partial charge in [0.05, 0.1) is 0 Å². The molecule has 1 aromatic carbocycles. The number of rotatable bonds is 6. The van der Waals surface area contributed by atoms with Crippen molar-refractivity contribution in [2.24, 2.45) is 0 Å². The summed E-state index contributed by atoms with van der Waals surface area (Å²) in [6, 6.07) is 7.87. The highest BCUT2D eigenvalue weighted by molar-refractivity contribution is 7.98. The van der Waals surface area contributed by atoms with Crippen molar-refractivity contribution >= 4 is 23.4 Å². The van der Waals surface area contributed by atoms with Crippen molar-refractivity contribution in [2.75, 3.05) is 0 Å². The molecule has 0 radical (unpaired) electrons. The predicted molar refractivity (Wildman–Crippen MR) is 80.6 cm³/mol. The average molecular weight is 294 g/mol. The van der Waals surface area contributed by atoms with Gasteiger partial charge in [0.25, 0.3) is 0 Å². The molecule has 0 aliphatic heterocycles. The van der Waals surface area contributed by atoms with Gasteiger partial charge in [0.1, 0.15) is 5.82 Å². The lowest BCUT2D eigenvalue weighted by Crippen LogP contribution is -2.02. The molecule has 0 amide bonds. The number of halogens is 1. The van der Waals surface area contributed by atoms with Gasteiger partial charge in [0.2, 0.25) is 0 Å². The lowest BCUT2D eigenvalue weighted by Gasteiger charge is -2.07. The third-order valence-electron chi connectivity index (χ3n) is 2.74. The second-order valence-corrected chi connectivity index (χ2v) is 5.38. The lowest BCUT2D eigenvalue weighted by molar-refractivity contribution is 0.685. The molecule has 0 unspecified atom stereocenters. The van der Waals surface area contributed by atoms with Gasteiger partial charge in [-0.1, -0.05) is 54.6 Å². The maximum absolute atomic E-state index is 6.15. The summed E-state index contributed by atoms with van der Waals surface area (Å²) in [5.41, 5.74) is 1.11. The van der Waals surface area contributed by atoms with Crippen LogP contribution in [0.4, 0.5) is 0 Å². The molecular weight excluding hydrogens is 278 g/mol. The van der Waals surface area contributed by atoms with Crippen LogP contribution in [0, 0.1) is 0 Å². The monoisotopic (exact) mass is 293 g/mol. The molecule has 1 heterocycles. The molecule has 0 N–H and O–H groups in total. The molecule has 0 fully saturated rings. The quantitative estimate of drug-likeness (QED) is 0.596. The molecule has 0 bridgehead atoms. The molecule has 2 rings (SSSR count). The third kappa shape index (κ3) is 3.39. The summed E-state index contributed by atoms with van der Waals surface area (Å²) in [6.45, 7) is 6.59. The Labute approximate surface area is 122 Å². The largest absolute Gasteiger partial charge is 0.302 e. The van der Waals surface area contributed by atoms with Gasteiger partial charge in [-0.2, -0.15) is 0 Å². The minimum Gasteiger partial charge on any atom is -0.302 e. The maximum Gasteiger partial charge on any atom is 0.191 e. The van der Waals surface area contributed by atoms with E-state index in [-0.39, 0.29) is 0 Å². The van der Waals surface area contributed by atoms with Crippen LogP contribution in [0.2, 0.25) is 5.02 Å². The predicted octanol–water partition coefficient (Wildman–Crippen LogP) is 3.97. The molecular formula is C14H16ClN3S. The van der Waals surface area contributed by atoms with Gasteiger partial charge in [-0.05, 0) is 11.6 Å². The fraction of sp³-hybridized carbons (Fsp3) is 0.286. The van der Waals surface area contributed by atoms with Gasteiger partial charge in [-0.15, -0.1) is 16.8 Å². The summed E-state index contributed by atoms with van der Waals surface area (Å²) < 4.78 is 2.09. The molecule has 0 atom stereocenters. The van der Waals surface area contributed by atoms with E-state index in [0.717, 1.165) is 40.3 Å². The maximum atomic E-state index is 6.15. The van der Waals surface area contributed by atoms with Crippen LogP contribution in [0.15, 0.2) is 42.1 Å². The van der Waals surface area contributed by atoms with Gasteiger partial charge in [-0.25, -0.2) is 0 Å². The number of thioether (sulfide) groups is 1. The van der Waals surface area contributed by atoms with E-state index in [1.54, 1.807) is 11.8 Å². The topological polar surface area (TPSA) is 30.7 Å². The molecule has 0 saturated carbocycles. The molecule has 3 nitrogen and oxygen atoms in total. The van der Waals surface area contributed by atoms with Crippen molar-refractivity contribution in [2.45, 2.75) is 30.8 Å². The SMILES string of the molecule is C=CCn1c(CC)nnc1SCc1ccccc1Cl. The highest BCUT2D eigenvalue weighted by Gasteiger charge is 2.10. The number of hydrogen-bond donors (Lipinski definition) is 0. The van der Waals surface area contributed by atoms with E-state index in [2.05, 4.69) is 28.3 Å². The highest BCUT2D eigenvalue weighted by Crippen LogP contribution is 2.26. The van der Waals surface area contributed by atoms with E-state index in [4.69, 9.17) is 11.6 Å². The van der Waals surface area contributed by atoms with Crippen LogP contribution in [0.3, 0.4) is 0 Å². The van der Waals surface area contributed by atoms with Gasteiger partial charge >= 0.3 is 0 Å². The second-order valence-electron chi connectivity index (χ2n) is 4.03. The first-order valence-corrected chi connectivity index (χ1v) is 7.51. The zero-order chi connectivity index (χ0) is 13.7. The number of aryl methyl sites for hydroxylation is 1. The van der Waals surface area contributed by atoms with E-state index in [0.29, 0.717) is 0 Å². The van der Waals surface area contributed by atoms with Gasteiger partial charge < -0.3 is 4.57 Å². The van der Waals surface area contributed by atoms with Crippen LogP contribution in [0.25, 0.3) is 0 Å². The molecule has 0 spiro atoms. The molecule has 2 aromatic rings. The van der Waals surface area contributed by atoms with E-state index in [1.165, 1.54) is 0 Å². The van der Waals surface area contributed by atoms with Crippen molar-refractivity contribution in [1.82, 2.24) is 14.8 Å². The lowest BCUT2D eigenvalue weighted by atomic mass is 10.2. The Morgan fingerprint density at radius 1 is 1.37 bits per heavy atom. The van der Waals surface area contributed by atoms with Gasteiger partial charge in [-0.3, -0.25) is 0 Å². The summed E-state index contributed by atoms with van der Waals surface area (Å²) in [5, 5.41) is 10.1. The zero-order valence-corrected chi connectivity index (χ0v) is 12.4. The van der Waals surface area contributed by atoms with Crippen LogP contribution in [-0.4, -0.2) is 14.8 Å². The molecule has 19 heavy (non-hydrogen) atoms. The van der Waals surface area contributed by atoms with E-state index >= 15 is 0 Å². The third-order valence-corrected chi connectivity index (χ3v) is 4.12. The van der Waals surface area contributed by atoms with E-state index in [9.17, 15) is 0 Å². The number of benzene rings is 1. The Morgan fingerprint density at radius 2 is 2.16 bits per heavy atom. The van der Waals surface area contributed by atoms with Gasteiger partial charge in [0.15, 0.2) is 5.16 Å². The van der Waals surface area contributed by atoms with Crippen molar-refractivity contribution < 1.29 is 0 Å². The molecule has 0 aliphatic carbocycles. The summed E-state index contributed by atoms with van der Waals surface area (Å²) >= 11 is 7.80. The fourth-order valence-electron chi connectivity index (χ4n) is 1.76. The fourth-order valence-corrected chi connectivity index (χ4v) is 3.01. The standard InChI is InChI=1S/C14H16ClN3S/c1-3-9-18-13(4-2)16-17-14(18)19-10-11-7-5-6-8-12(11)15/h3,5-8H,1,4,9-10H2,2H3. The van der Waals surface area contributed by atoms with E-state index in [1.807, 2.05) is 30.3 Å². The van der Waals surface area contributed by atoms with Crippen LogP contribution in [0.5, 0.6) is 0 Å². The van der Waals surface area contributed by atoms with Crippen LogP contribution >= 0.6 is 23.4 Å². The first-order valence-electron chi connectivity index (χ1n) is 6.15. The average Bonchev–Trinajstić information content (AvgIpc) is 2.81. The number of nitrogens with zero attached hydrogens (tertiary/aromatic N) is 3. The normalized spacial score (nSPS) is 10.6. The summed E-state index contributed by atoms with van der Waals surface area (Å²) in [5.74, 6) is 1.78. The Morgan fingerprint density at radius 3 is 2.84 bits per heavy atom. The summed E-state index contributed by atoms with van der Waals surface area (Å²) in [7, 11) is 0. The highest BCUT2D eigenvalue weighted by atomic mass is 35.5. The van der Waals surface area contributed by atoms with Crippen LogP contribution < -0.4 is 0 Å². The van der Waals surface area contributed by atoms with E-state index < -0.39 is 0 Å². The van der Waals surface area contributed by atoms with Crippen molar-refractivity contribution in [3.63, 3.8) is 0 Å². The molecule has 100 valence electrons. The van der Waals surface area contributed by atoms with Gasteiger partial charge in [0, 0.05) is 23.7 Å². The van der Waals surface area contributed by atoms with Crippen LogP contribution in [-0.2, 0) is 18.7 Å². The number of aromatic nitrogens is 3. The smallest absolute Gasteiger partial charge is 0.191 e. The minimum atomic E-state index is 0.737.